The zero-order valence-electron chi connectivity index (χ0n) is 11.8. The highest BCUT2D eigenvalue weighted by molar-refractivity contribution is 5.57. The molecular formula is C16H18O5. The molecule has 2 N–H and O–H groups in total. The van der Waals surface area contributed by atoms with Crippen LogP contribution in [0.15, 0.2) is 24.3 Å². The van der Waals surface area contributed by atoms with Crippen molar-refractivity contribution in [3.05, 3.63) is 29.8 Å². The number of hydrogen-bond donors (Lipinski definition) is 2. The minimum Gasteiger partial charge on any atom is -0.497 e. The van der Waals surface area contributed by atoms with Gasteiger partial charge in [-0.3, -0.25) is 0 Å². The van der Waals surface area contributed by atoms with Crippen molar-refractivity contribution in [3.8, 4) is 17.6 Å². The van der Waals surface area contributed by atoms with Gasteiger partial charge in [0.1, 0.15) is 17.5 Å². The van der Waals surface area contributed by atoms with Crippen LogP contribution in [0.4, 0.5) is 4.79 Å². The summed E-state index contributed by atoms with van der Waals surface area (Å²) in [4.78, 5) is 10.6. The summed E-state index contributed by atoms with van der Waals surface area (Å²) in [5, 5.41) is 19.1. The van der Waals surface area contributed by atoms with Gasteiger partial charge in [-0.25, -0.2) is 4.79 Å². The zero-order chi connectivity index (χ0) is 15.3. The molecule has 1 saturated carbocycles. The van der Waals surface area contributed by atoms with Crippen molar-refractivity contribution >= 4 is 6.16 Å². The van der Waals surface area contributed by atoms with Crippen LogP contribution >= 0.6 is 0 Å². The molecule has 1 aromatic rings. The summed E-state index contributed by atoms with van der Waals surface area (Å²) in [6.07, 6.45) is 0.210. The van der Waals surface area contributed by atoms with Gasteiger partial charge in [0.25, 0.3) is 0 Å². The van der Waals surface area contributed by atoms with Crippen molar-refractivity contribution in [2.75, 3.05) is 7.11 Å². The molecule has 0 radical (unpaired) electrons. The maximum Gasteiger partial charge on any atom is 0.506 e. The van der Waals surface area contributed by atoms with Crippen molar-refractivity contribution in [2.45, 2.75) is 37.4 Å². The van der Waals surface area contributed by atoms with Gasteiger partial charge in [-0.15, -0.1) is 0 Å². The van der Waals surface area contributed by atoms with Gasteiger partial charge in [-0.1, -0.05) is 17.9 Å². The highest BCUT2D eigenvalue weighted by Crippen LogP contribution is 2.30. The topological polar surface area (TPSA) is 76.0 Å². The molecule has 0 aliphatic heterocycles. The second kappa shape index (κ2) is 6.51. The van der Waals surface area contributed by atoms with Gasteiger partial charge >= 0.3 is 6.16 Å². The lowest BCUT2D eigenvalue weighted by Crippen LogP contribution is -2.38. The first-order valence-corrected chi connectivity index (χ1v) is 6.80. The van der Waals surface area contributed by atoms with E-state index in [9.17, 15) is 9.90 Å². The van der Waals surface area contributed by atoms with Gasteiger partial charge < -0.3 is 19.7 Å². The van der Waals surface area contributed by atoms with E-state index in [2.05, 4.69) is 11.8 Å². The second-order valence-corrected chi connectivity index (χ2v) is 5.12. The summed E-state index contributed by atoms with van der Waals surface area (Å²) in [6.45, 7) is 0. The van der Waals surface area contributed by atoms with E-state index in [1.807, 2.05) is 18.2 Å². The highest BCUT2D eigenvalue weighted by atomic mass is 16.7. The van der Waals surface area contributed by atoms with Crippen LogP contribution in [0.1, 0.15) is 31.2 Å². The van der Waals surface area contributed by atoms with Gasteiger partial charge in [0.2, 0.25) is 0 Å². The number of aliphatic hydroxyl groups is 1. The summed E-state index contributed by atoms with van der Waals surface area (Å²) in [5.41, 5.74) is -0.467. The number of hydrogen-bond acceptors (Lipinski definition) is 4. The molecule has 0 spiro atoms. The molecule has 112 valence electrons. The Bertz CT molecular complexity index is 572. The molecule has 1 aliphatic carbocycles. The monoisotopic (exact) mass is 290 g/mol. The first-order valence-electron chi connectivity index (χ1n) is 6.80. The number of carboxylic acid groups (broad SMARTS) is 1. The first kappa shape index (κ1) is 15.2. The van der Waals surface area contributed by atoms with E-state index in [1.54, 1.807) is 13.2 Å². The van der Waals surface area contributed by atoms with Crippen LogP contribution in [0.3, 0.4) is 0 Å². The van der Waals surface area contributed by atoms with E-state index in [1.165, 1.54) is 0 Å². The molecule has 0 saturated heterocycles. The molecule has 1 aromatic carbocycles. The number of carbonyl (C=O) groups is 1. The lowest BCUT2D eigenvalue weighted by atomic mass is 9.83. The average Bonchev–Trinajstić information content (AvgIpc) is 2.45. The van der Waals surface area contributed by atoms with Gasteiger partial charge in [-0.05, 0) is 37.5 Å². The lowest BCUT2D eigenvalue weighted by molar-refractivity contribution is -0.0267. The fourth-order valence-electron chi connectivity index (χ4n) is 2.45. The average molecular weight is 290 g/mol. The Balaban J connectivity index is 2.10. The molecule has 2 rings (SSSR count). The zero-order valence-corrected chi connectivity index (χ0v) is 11.8. The Labute approximate surface area is 123 Å². The summed E-state index contributed by atoms with van der Waals surface area (Å²) >= 11 is 0. The normalized spacial score (nSPS) is 24.6. The summed E-state index contributed by atoms with van der Waals surface area (Å²) < 4.78 is 9.86. The van der Waals surface area contributed by atoms with Crippen molar-refractivity contribution in [1.29, 1.82) is 0 Å². The van der Waals surface area contributed by atoms with E-state index in [4.69, 9.17) is 14.6 Å². The van der Waals surface area contributed by atoms with Crippen LogP contribution in [-0.4, -0.2) is 35.2 Å². The highest BCUT2D eigenvalue weighted by Gasteiger charge is 2.34. The SMILES string of the molecule is COc1cccc(C#CC2(O)CCCC(OC(=O)O)C2)c1. The van der Waals surface area contributed by atoms with E-state index in [0.717, 1.165) is 5.56 Å². The summed E-state index contributed by atoms with van der Waals surface area (Å²) in [5.74, 6) is 6.46. The molecule has 0 amide bonds. The molecular weight excluding hydrogens is 272 g/mol. The molecule has 0 heterocycles. The van der Waals surface area contributed by atoms with E-state index < -0.39 is 17.9 Å². The predicted molar refractivity (Wildman–Crippen MR) is 76.2 cm³/mol. The smallest absolute Gasteiger partial charge is 0.497 e. The predicted octanol–water partition coefficient (Wildman–Crippen LogP) is 2.42. The van der Waals surface area contributed by atoms with Gasteiger partial charge in [-0.2, -0.15) is 0 Å². The first-order chi connectivity index (χ1) is 10.0. The standard InChI is InChI=1S/C16H18O5/c1-20-13-5-2-4-12(10-13)7-9-16(19)8-3-6-14(11-16)21-15(17)18/h2,4-5,10,14,19H,3,6,8,11H2,1H3,(H,17,18). The molecule has 2 atom stereocenters. The fourth-order valence-corrected chi connectivity index (χ4v) is 2.45. The molecule has 21 heavy (non-hydrogen) atoms. The maximum atomic E-state index is 10.6. The molecule has 2 unspecified atom stereocenters. The van der Waals surface area contributed by atoms with Gasteiger partial charge in [0.05, 0.1) is 7.11 Å². The van der Waals surface area contributed by atoms with Crippen molar-refractivity contribution < 1.29 is 24.5 Å². The molecule has 5 heteroatoms. The van der Waals surface area contributed by atoms with E-state index in [0.29, 0.717) is 25.0 Å². The Morgan fingerprint density at radius 3 is 3.00 bits per heavy atom. The van der Waals surface area contributed by atoms with Crippen molar-refractivity contribution in [2.24, 2.45) is 0 Å². The lowest BCUT2D eigenvalue weighted by Gasteiger charge is -2.31. The van der Waals surface area contributed by atoms with Crippen LogP contribution in [0.25, 0.3) is 0 Å². The van der Waals surface area contributed by atoms with Crippen LogP contribution in [0.2, 0.25) is 0 Å². The number of methoxy groups -OCH3 is 1. The quantitative estimate of drug-likeness (QED) is 0.646. The number of rotatable bonds is 2. The Kier molecular flexibility index (Phi) is 4.71. The third-order valence-electron chi connectivity index (χ3n) is 3.46. The molecule has 0 aromatic heterocycles. The van der Waals surface area contributed by atoms with E-state index in [-0.39, 0.29) is 6.42 Å². The second-order valence-electron chi connectivity index (χ2n) is 5.12. The summed E-state index contributed by atoms with van der Waals surface area (Å²) in [6, 6.07) is 7.25. The molecule has 1 aliphatic rings. The van der Waals surface area contributed by atoms with Crippen LogP contribution in [-0.2, 0) is 4.74 Å². The van der Waals surface area contributed by atoms with Crippen LogP contribution in [0, 0.1) is 11.8 Å². The van der Waals surface area contributed by atoms with Crippen LogP contribution in [0.5, 0.6) is 5.75 Å². The number of benzene rings is 1. The largest absolute Gasteiger partial charge is 0.506 e. The van der Waals surface area contributed by atoms with Crippen molar-refractivity contribution in [3.63, 3.8) is 0 Å². The minimum absolute atomic E-state index is 0.205. The third-order valence-corrected chi connectivity index (χ3v) is 3.46. The van der Waals surface area contributed by atoms with Gasteiger partial charge in [0, 0.05) is 12.0 Å². The van der Waals surface area contributed by atoms with E-state index >= 15 is 0 Å². The van der Waals surface area contributed by atoms with Gasteiger partial charge in [0.15, 0.2) is 0 Å². The van der Waals surface area contributed by atoms with Crippen molar-refractivity contribution in [1.82, 2.24) is 0 Å². The molecule has 1 fully saturated rings. The summed E-state index contributed by atoms with van der Waals surface area (Å²) in [7, 11) is 1.58. The Morgan fingerprint density at radius 1 is 1.48 bits per heavy atom. The molecule has 5 nitrogen and oxygen atoms in total. The third kappa shape index (κ3) is 4.40. The Hall–Kier alpha value is -2.19. The minimum atomic E-state index is -1.31. The maximum absolute atomic E-state index is 10.6. The molecule has 0 bridgehead atoms. The Morgan fingerprint density at radius 2 is 2.29 bits per heavy atom. The number of ether oxygens (including phenoxy) is 2. The fraction of sp³-hybridized carbons (Fsp3) is 0.438. The van der Waals surface area contributed by atoms with Crippen LogP contribution < -0.4 is 4.74 Å².